The second-order valence-electron chi connectivity index (χ2n) is 4.66. The first-order valence-corrected chi connectivity index (χ1v) is 7.21. The van der Waals surface area contributed by atoms with E-state index in [1.165, 1.54) is 11.3 Å². The van der Waals surface area contributed by atoms with Crippen molar-refractivity contribution < 1.29 is 9.53 Å². The number of hydrogen-bond donors (Lipinski definition) is 2. The fourth-order valence-corrected chi connectivity index (χ4v) is 3.09. The molecule has 4 nitrogen and oxygen atoms in total. The van der Waals surface area contributed by atoms with Crippen LogP contribution in [-0.2, 0) is 0 Å². The summed E-state index contributed by atoms with van der Waals surface area (Å²) in [6, 6.07) is 2.72. The number of nitrogens with one attached hydrogen (secondary N) is 2. The summed E-state index contributed by atoms with van der Waals surface area (Å²) < 4.78 is 5.09. The summed E-state index contributed by atoms with van der Waals surface area (Å²) in [5.74, 6) is 0.778. The topological polar surface area (TPSA) is 50.4 Å². The van der Waals surface area contributed by atoms with Crippen LogP contribution in [0.5, 0.6) is 5.75 Å². The zero-order valence-corrected chi connectivity index (χ0v) is 11.7. The molecule has 1 amide bonds. The van der Waals surface area contributed by atoms with Crippen LogP contribution in [-0.4, -0.2) is 32.1 Å². The van der Waals surface area contributed by atoms with Crippen molar-refractivity contribution in [2.45, 2.75) is 37.8 Å². The standard InChI is InChI=1S/C13H20N2O2S/c1-14-9-3-5-10(6-4-9)15-13(16)12-7-11(17-2)8-18-12/h7-10,14H,3-6H2,1-2H3,(H,15,16). The van der Waals surface area contributed by atoms with Gasteiger partial charge in [0.05, 0.1) is 12.0 Å². The molecule has 100 valence electrons. The molecule has 0 spiro atoms. The van der Waals surface area contributed by atoms with E-state index >= 15 is 0 Å². The summed E-state index contributed by atoms with van der Waals surface area (Å²) in [7, 11) is 3.62. The minimum absolute atomic E-state index is 0.0243. The molecule has 2 rings (SSSR count). The normalized spacial score (nSPS) is 23.7. The van der Waals surface area contributed by atoms with Crippen LogP contribution in [0.4, 0.5) is 0 Å². The molecule has 2 N–H and O–H groups in total. The van der Waals surface area contributed by atoms with Gasteiger partial charge in [0.1, 0.15) is 5.75 Å². The first-order chi connectivity index (χ1) is 8.72. The Kier molecular flexibility index (Phi) is 4.60. The number of rotatable bonds is 4. The molecule has 0 unspecified atom stereocenters. The molecule has 0 aliphatic heterocycles. The lowest BCUT2D eigenvalue weighted by molar-refractivity contribution is 0.0928. The van der Waals surface area contributed by atoms with Crippen LogP contribution >= 0.6 is 11.3 Å². The van der Waals surface area contributed by atoms with Gasteiger partial charge in [0, 0.05) is 23.5 Å². The number of amides is 1. The van der Waals surface area contributed by atoms with E-state index in [1.807, 2.05) is 12.4 Å². The highest BCUT2D eigenvalue weighted by atomic mass is 32.1. The van der Waals surface area contributed by atoms with E-state index in [0.717, 1.165) is 36.3 Å². The van der Waals surface area contributed by atoms with Crippen molar-refractivity contribution in [3.63, 3.8) is 0 Å². The van der Waals surface area contributed by atoms with Crippen molar-refractivity contribution >= 4 is 17.2 Å². The summed E-state index contributed by atoms with van der Waals surface area (Å²) in [5.41, 5.74) is 0. The summed E-state index contributed by atoms with van der Waals surface area (Å²) in [6.07, 6.45) is 4.38. The van der Waals surface area contributed by atoms with Crippen molar-refractivity contribution in [3.05, 3.63) is 16.3 Å². The molecule has 1 saturated carbocycles. The molecule has 0 bridgehead atoms. The summed E-state index contributed by atoms with van der Waals surface area (Å²) >= 11 is 1.43. The minimum atomic E-state index is 0.0243. The van der Waals surface area contributed by atoms with E-state index in [4.69, 9.17) is 4.74 Å². The second-order valence-corrected chi connectivity index (χ2v) is 5.57. The molecule has 18 heavy (non-hydrogen) atoms. The van der Waals surface area contributed by atoms with Gasteiger partial charge in [-0.05, 0) is 32.7 Å². The maximum atomic E-state index is 12.0. The molecular formula is C13H20N2O2S. The van der Waals surface area contributed by atoms with Crippen LogP contribution in [0.15, 0.2) is 11.4 Å². The predicted molar refractivity (Wildman–Crippen MR) is 73.4 cm³/mol. The van der Waals surface area contributed by atoms with Gasteiger partial charge in [0.25, 0.3) is 5.91 Å². The van der Waals surface area contributed by atoms with Gasteiger partial charge < -0.3 is 15.4 Å². The molecule has 0 atom stereocenters. The highest BCUT2D eigenvalue weighted by Crippen LogP contribution is 2.23. The molecule has 0 saturated heterocycles. The summed E-state index contributed by atoms with van der Waals surface area (Å²) in [5, 5.41) is 8.25. The molecule has 0 aromatic carbocycles. The van der Waals surface area contributed by atoms with Crippen molar-refractivity contribution in [2.75, 3.05) is 14.2 Å². The van der Waals surface area contributed by atoms with Crippen LogP contribution in [0, 0.1) is 0 Å². The lowest BCUT2D eigenvalue weighted by Gasteiger charge is -2.28. The fraction of sp³-hybridized carbons (Fsp3) is 0.615. The number of hydrogen-bond acceptors (Lipinski definition) is 4. The molecular weight excluding hydrogens is 248 g/mol. The van der Waals surface area contributed by atoms with E-state index in [-0.39, 0.29) is 5.91 Å². The van der Waals surface area contributed by atoms with Crippen molar-refractivity contribution in [3.8, 4) is 5.75 Å². The van der Waals surface area contributed by atoms with Crippen LogP contribution < -0.4 is 15.4 Å². The molecule has 1 fully saturated rings. The fourth-order valence-electron chi connectivity index (χ4n) is 2.33. The van der Waals surface area contributed by atoms with Crippen molar-refractivity contribution in [1.82, 2.24) is 10.6 Å². The predicted octanol–water partition coefficient (Wildman–Crippen LogP) is 2.02. The lowest BCUT2D eigenvalue weighted by atomic mass is 9.91. The van der Waals surface area contributed by atoms with E-state index in [0.29, 0.717) is 12.1 Å². The van der Waals surface area contributed by atoms with Gasteiger partial charge >= 0.3 is 0 Å². The number of thiophene rings is 1. The van der Waals surface area contributed by atoms with Gasteiger partial charge in [0.15, 0.2) is 0 Å². The largest absolute Gasteiger partial charge is 0.496 e. The van der Waals surface area contributed by atoms with Crippen LogP contribution in [0.25, 0.3) is 0 Å². The van der Waals surface area contributed by atoms with Crippen molar-refractivity contribution in [2.24, 2.45) is 0 Å². The minimum Gasteiger partial charge on any atom is -0.496 e. The van der Waals surface area contributed by atoms with Crippen LogP contribution in [0.2, 0.25) is 0 Å². The average Bonchev–Trinajstić information content (AvgIpc) is 2.88. The molecule has 5 heteroatoms. The first kappa shape index (κ1) is 13.4. The Morgan fingerprint density at radius 1 is 1.33 bits per heavy atom. The van der Waals surface area contributed by atoms with E-state index in [2.05, 4.69) is 10.6 Å². The molecule has 1 heterocycles. The molecule has 1 aliphatic carbocycles. The van der Waals surface area contributed by atoms with Gasteiger partial charge in [-0.2, -0.15) is 0 Å². The Hall–Kier alpha value is -1.07. The molecule has 1 aliphatic rings. The quantitative estimate of drug-likeness (QED) is 0.878. The summed E-state index contributed by atoms with van der Waals surface area (Å²) in [4.78, 5) is 12.7. The molecule has 1 aromatic rings. The summed E-state index contributed by atoms with van der Waals surface area (Å²) in [6.45, 7) is 0. The van der Waals surface area contributed by atoms with Gasteiger partial charge in [-0.1, -0.05) is 0 Å². The highest BCUT2D eigenvalue weighted by molar-refractivity contribution is 7.12. The Labute approximate surface area is 112 Å². The Morgan fingerprint density at radius 3 is 2.56 bits per heavy atom. The molecule has 1 aromatic heterocycles. The third-order valence-corrected chi connectivity index (χ3v) is 4.41. The third kappa shape index (κ3) is 3.23. The first-order valence-electron chi connectivity index (χ1n) is 6.33. The van der Waals surface area contributed by atoms with E-state index < -0.39 is 0 Å². The van der Waals surface area contributed by atoms with Gasteiger partial charge in [-0.15, -0.1) is 11.3 Å². The average molecular weight is 268 g/mol. The maximum absolute atomic E-state index is 12.0. The van der Waals surface area contributed by atoms with Gasteiger partial charge in [-0.3, -0.25) is 4.79 Å². The number of carbonyl (C=O) groups excluding carboxylic acids is 1. The smallest absolute Gasteiger partial charge is 0.261 e. The second kappa shape index (κ2) is 6.20. The monoisotopic (exact) mass is 268 g/mol. The van der Waals surface area contributed by atoms with Gasteiger partial charge in [0.2, 0.25) is 0 Å². The SMILES string of the molecule is CNC1CCC(NC(=O)c2cc(OC)cs2)CC1. The van der Waals surface area contributed by atoms with Gasteiger partial charge in [-0.25, -0.2) is 0 Å². The third-order valence-electron chi connectivity index (χ3n) is 3.51. The Balaban J connectivity index is 1.84. The van der Waals surface area contributed by atoms with E-state index in [9.17, 15) is 4.79 Å². The zero-order valence-electron chi connectivity index (χ0n) is 10.9. The van der Waals surface area contributed by atoms with Crippen LogP contribution in [0.1, 0.15) is 35.4 Å². The maximum Gasteiger partial charge on any atom is 0.261 e. The van der Waals surface area contributed by atoms with E-state index in [1.54, 1.807) is 13.2 Å². The van der Waals surface area contributed by atoms with Crippen molar-refractivity contribution in [1.29, 1.82) is 0 Å². The van der Waals surface area contributed by atoms with Crippen LogP contribution in [0.3, 0.4) is 0 Å². The Morgan fingerprint density at radius 2 is 2.00 bits per heavy atom. The zero-order chi connectivity index (χ0) is 13.0. The lowest BCUT2D eigenvalue weighted by Crippen LogP contribution is -2.41. The number of methoxy groups -OCH3 is 1. The highest BCUT2D eigenvalue weighted by Gasteiger charge is 2.22. The molecule has 0 radical (unpaired) electrons. The number of ether oxygens (including phenoxy) is 1. The number of carbonyl (C=O) groups is 1. The Bertz CT molecular complexity index is 397.